The van der Waals surface area contributed by atoms with Crippen LogP contribution >= 0.6 is 15.9 Å². The van der Waals surface area contributed by atoms with Gasteiger partial charge in [0.2, 0.25) is 0 Å². The number of esters is 1. The van der Waals surface area contributed by atoms with Crippen LogP contribution in [-0.2, 0) is 9.53 Å². The minimum atomic E-state index is -0.00752. The van der Waals surface area contributed by atoms with E-state index in [1.165, 1.54) is 57.8 Å². The van der Waals surface area contributed by atoms with Crippen molar-refractivity contribution in [2.45, 2.75) is 136 Å². The van der Waals surface area contributed by atoms with Gasteiger partial charge in [-0.05, 0) is 83.5 Å². The second-order valence-electron chi connectivity index (χ2n) is 8.41. The molecule has 0 amide bonds. The maximum absolute atomic E-state index is 12.2. The summed E-state index contributed by atoms with van der Waals surface area (Å²) < 4.78 is 5.83. The zero-order valence-electron chi connectivity index (χ0n) is 20.0. The van der Waals surface area contributed by atoms with Crippen LogP contribution in [-0.4, -0.2) is 17.4 Å². The summed E-state index contributed by atoms with van der Waals surface area (Å²) in [6.45, 7) is 4.49. The highest BCUT2D eigenvalue weighted by atomic mass is 79.9. The topological polar surface area (TPSA) is 26.3 Å². The van der Waals surface area contributed by atoms with E-state index in [1.54, 1.807) is 0 Å². The molecule has 2 nitrogen and oxygen atoms in total. The Labute approximate surface area is 196 Å². The lowest BCUT2D eigenvalue weighted by atomic mass is 10.0. The lowest BCUT2D eigenvalue weighted by Gasteiger charge is -2.17. The molecule has 0 spiro atoms. The largest absolute Gasteiger partial charge is 0.462 e. The van der Waals surface area contributed by atoms with Crippen molar-refractivity contribution in [3.63, 3.8) is 0 Å². The van der Waals surface area contributed by atoms with E-state index in [-0.39, 0.29) is 12.1 Å². The van der Waals surface area contributed by atoms with Crippen molar-refractivity contribution in [3.05, 3.63) is 24.3 Å². The standard InChI is InChI=1S/C27H49BrO2/c1-3-5-7-9-11-13-15-17-19-23-26(30-27(29)24-20-21-25-28)22-18-16-14-12-10-8-6-4-2/h11-14,26H,3-10,15-25H2,1-2H3. The Balaban J connectivity index is 4.10. The van der Waals surface area contributed by atoms with Crippen molar-refractivity contribution in [2.75, 3.05) is 5.33 Å². The van der Waals surface area contributed by atoms with Gasteiger partial charge in [0.25, 0.3) is 0 Å². The number of rotatable bonds is 22. The number of alkyl halides is 1. The van der Waals surface area contributed by atoms with E-state index in [9.17, 15) is 4.79 Å². The number of ether oxygens (including phenoxy) is 1. The number of unbranched alkanes of at least 4 members (excludes halogenated alkanes) is 10. The Morgan fingerprint density at radius 2 is 1.20 bits per heavy atom. The summed E-state index contributed by atoms with van der Waals surface area (Å²) >= 11 is 3.43. The zero-order valence-corrected chi connectivity index (χ0v) is 21.6. The first-order valence-electron chi connectivity index (χ1n) is 12.8. The van der Waals surface area contributed by atoms with Crippen LogP contribution in [0.15, 0.2) is 24.3 Å². The monoisotopic (exact) mass is 484 g/mol. The normalized spacial score (nSPS) is 12.8. The minimum absolute atomic E-state index is 0.00752. The number of carbonyl (C=O) groups is 1. The third kappa shape index (κ3) is 22.1. The summed E-state index contributed by atoms with van der Waals surface area (Å²) in [7, 11) is 0. The Morgan fingerprint density at radius 3 is 1.73 bits per heavy atom. The Kier molecular flexibility index (Phi) is 24.2. The molecule has 30 heavy (non-hydrogen) atoms. The fraction of sp³-hybridized carbons (Fsp3) is 0.815. The molecule has 0 aliphatic rings. The SMILES string of the molecule is CCCCCC=CCCCCC(CCCC=CCCCCC)OC(=O)CCCCBr. The van der Waals surface area contributed by atoms with Crippen LogP contribution < -0.4 is 0 Å². The Morgan fingerprint density at radius 1 is 0.700 bits per heavy atom. The quantitative estimate of drug-likeness (QED) is 0.0660. The summed E-state index contributed by atoms with van der Waals surface area (Å²) in [6.07, 6.45) is 29.9. The van der Waals surface area contributed by atoms with Crippen molar-refractivity contribution in [1.29, 1.82) is 0 Å². The molecule has 0 saturated heterocycles. The molecule has 0 aliphatic heterocycles. The number of carbonyl (C=O) groups excluding carboxylic acids is 1. The van der Waals surface area contributed by atoms with Gasteiger partial charge in [-0.25, -0.2) is 0 Å². The molecule has 1 unspecified atom stereocenters. The smallest absolute Gasteiger partial charge is 0.306 e. The van der Waals surface area contributed by atoms with Gasteiger partial charge in [-0.15, -0.1) is 0 Å². The van der Waals surface area contributed by atoms with E-state index in [4.69, 9.17) is 4.74 Å². The molecule has 1 atom stereocenters. The second kappa shape index (κ2) is 24.7. The van der Waals surface area contributed by atoms with Gasteiger partial charge in [0, 0.05) is 11.8 Å². The molecule has 0 saturated carbocycles. The average Bonchev–Trinajstić information content (AvgIpc) is 2.74. The third-order valence-electron chi connectivity index (χ3n) is 5.39. The third-order valence-corrected chi connectivity index (χ3v) is 5.95. The van der Waals surface area contributed by atoms with E-state index in [0.717, 1.165) is 56.7 Å². The predicted octanol–water partition coefficient (Wildman–Crippen LogP) is 9.47. The van der Waals surface area contributed by atoms with Crippen molar-refractivity contribution < 1.29 is 9.53 Å². The second-order valence-corrected chi connectivity index (χ2v) is 9.20. The summed E-state index contributed by atoms with van der Waals surface area (Å²) in [5.74, 6) is -0.00752. The van der Waals surface area contributed by atoms with Gasteiger partial charge in [0.15, 0.2) is 0 Å². The number of halogens is 1. The predicted molar refractivity (Wildman–Crippen MR) is 136 cm³/mol. The highest BCUT2D eigenvalue weighted by Gasteiger charge is 2.13. The van der Waals surface area contributed by atoms with E-state index >= 15 is 0 Å². The first-order chi connectivity index (χ1) is 14.7. The van der Waals surface area contributed by atoms with E-state index in [2.05, 4.69) is 54.1 Å². The molecule has 0 aromatic rings. The molecule has 0 N–H and O–H groups in total. The minimum Gasteiger partial charge on any atom is -0.462 e. The van der Waals surface area contributed by atoms with E-state index in [0.29, 0.717) is 6.42 Å². The molecule has 0 aliphatic carbocycles. The molecular weight excluding hydrogens is 436 g/mol. The fourth-order valence-corrected chi connectivity index (χ4v) is 3.86. The van der Waals surface area contributed by atoms with Gasteiger partial charge in [-0.1, -0.05) is 79.8 Å². The lowest BCUT2D eigenvalue weighted by molar-refractivity contribution is -0.150. The van der Waals surface area contributed by atoms with Crippen LogP contribution in [0.25, 0.3) is 0 Å². The maximum atomic E-state index is 12.2. The lowest BCUT2D eigenvalue weighted by Crippen LogP contribution is -2.18. The number of hydrogen-bond acceptors (Lipinski definition) is 2. The van der Waals surface area contributed by atoms with Crippen LogP contribution in [0.2, 0.25) is 0 Å². The van der Waals surface area contributed by atoms with Crippen LogP contribution in [0.3, 0.4) is 0 Å². The summed E-state index contributed by atoms with van der Waals surface area (Å²) in [4.78, 5) is 12.2. The fourth-order valence-electron chi connectivity index (χ4n) is 3.46. The van der Waals surface area contributed by atoms with Crippen LogP contribution in [0.5, 0.6) is 0 Å². The first kappa shape index (κ1) is 29.4. The van der Waals surface area contributed by atoms with Gasteiger partial charge < -0.3 is 4.74 Å². The number of allylic oxidation sites excluding steroid dienone is 4. The highest BCUT2D eigenvalue weighted by molar-refractivity contribution is 9.09. The number of hydrogen-bond donors (Lipinski definition) is 0. The molecular formula is C27H49BrO2. The zero-order chi connectivity index (χ0) is 22.1. The van der Waals surface area contributed by atoms with Crippen molar-refractivity contribution in [2.24, 2.45) is 0 Å². The molecule has 0 heterocycles. The van der Waals surface area contributed by atoms with Crippen molar-refractivity contribution in [3.8, 4) is 0 Å². The first-order valence-corrected chi connectivity index (χ1v) is 13.9. The molecule has 3 heteroatoms. The molecule has 0 aromatic carbocycles. The average molecular weight is 486 g/mol. The molecule has 0 fully saturated rings. The molecule has 0 rings (SSSR count). The van der Waals surface area contributed by atoms with Gasteiger partial charge in [0.1, 0.15) is 6.10 Å². The molecule has 0 bridgehead atoms. The highest BCUT2D eigenvalue weighted by Crippen LogP contribution is 2.16. The van der Waals surface area contributed by atoms with Crippen molar-refractivity contribution >= 4 is 21.9 Å². The summed E-state index contributed by atoms with van der Waals surface area (Å²) in [5.41, 5.74) is 0. The van der Waals surface area contributed by atoms with E-state index < -0.39 is 0 Å². The van der Waals surface area contributed by atoms with Gasteiger partial charge in [-0.2, -0.15) is 0 Å². The van der Waals surface area contributed by atoms with Crippen molar-refractivity contribution in [1.82, 2.24) is 0 Å². The van der Waals surface area contributed by atoms with Crippen LogP contribution in [0, 0.1) is 0 Å². The van der Waals surface area contributed by atoms with Crippen LogP contribution in [0.4, 0.5) is 0 Å². The Hall–Kier alpha value is -0.570. The Bertz CT molecular complexity index is 417. The molecule has 176 valence electrons. The summed E-state index contributed by atoms with van der Waals surface area (Å²) in [6, 6.07) is 0. The maximum Gasteiger partial charge on any atom is 0.306 e. The molecule has 0 radical (unpaired) electrons. The van der Waals surface area contributed by atoms with Gasteiger partial charge in [-0.3, -0.25) is 4.79 Å². The van der Waals surface area contributed by atoms with Gasteiger partial charge >= 0.3 is 5.97 Å². The van der Waals surface area contributed by atoms with E-state index in [1.807, 2.05) is 0 Å². The molecule has 0 aromatic heterocycles. The van der Waals surface area contributed by atoms with Gasteiger partial charge in [0.05, 0.1) is 0 Å². The summed E-state index contributed by atoms with van der Waals surface area (Å²) in [5, 5.41) is 0.959. The van der Waals surface area contributed by atoms with Crippen LogP contribution in [0.1, 0.15) is 129 Å².